The molecule has 0 bridgehead atoms. The summed E-state index contributed by atoms with van der Waals surface area (Å²) >= 11 is 1.23. The highest BCUT2D eigenvalue weighted by Gasteiger charge is 2.13. The van der Waals surface area contributed by atoms with Crippen LogP contribution in [0.2, 0.25) is 0 Å². The van der Waals surface area contributed by atoms with Crippen molar-refractivity contribution < 1.29 is 23.6 Å². The summed E-state index contributed by atoms with van der Waals surface area (Å²) in [7, 11) is 0. The molecule has 2 N–H and O–H groups in total. The summed E-state index contributed by atoms with van der Waals surface area (Å²) < 4.78 is 9.55. The Bertz CT molecular complexity index is 680. The van der Waals surface area contributed by atoms with Crippen molar-refractivity contribution in [2.24, 2.45) is 0 Å². The van der Waals surface area contributed by atoms with Crippen molar-refractivity contribution in [3.8, 4) is 0 Å². The molecule has 128 valence electrons. The zero-order valence-electron chi connectivity index (χ0n) is 13.0. The number of aromatic nitrogens is 3. The van der Waals surface area contributed by atoms with Gasteiger partial charge in [0.15, 0.2) is 12.4 Å². The first-order valence-corrected chi connectivity index (χ1v) is 7.73. The monoisotopic (exact) mass is 353 g/mol. The molecule has 0 radical (unpaired) electrons. The fourth-order valence-corrected chi connectivity index (χ4v) is 2.17. The average Bonchev–Trinajstić information content (AvgIpc) is 3.11. The number of hydrogen-bond donors (Lipinski definition) is 2. The lowest BCUT2D eigenvalue weighted by atomic mass is 10.3. The van der Waals surface area contributed by atoms with Crippen molar-refractivity contribution in [1.29, 1.82) is 0 Å². The fraction of sp³-hybridized carbons (Fsp3) is 0.385. The SMILES string of the molecule is Cc1cc(NC(=O)COC(=O)CCC(=O)Nc2nnc(C)s2)no1. The second kappa shape index (κ2) is 8.15. The van der Waals surface area contributed by atoms with Gasteiger partial charge in [-0.3, -0.25) is 14.4 Å². The van der Waals surface area contributed by atoms with Gasteiger partial charge in [0.2, 0.25) is 11.0 Å². The normalized spacial score (nSPS) is 10.2. The van der Waals surface area contributed by atoms with Crippen LogP contribution in [-0.4, -0.2) is 39.7 Å². The van der Waals surface area contributed by atoms with E-state index in [9.17, 15) is 14.4 Å². The number of esters is 1. The summed E-state index contributed by atoms with van der Waals surface area (Å²) in [5, 5.41) is 17.1. The smallest absolute Gasteiger partial charge is 0.306 e. The Balaban J connectivity index is 1.63. The molecule has 0 fully saturated rings. The summed E-state index contributed by atoms with van der Waals surface area (Å²) in [6.07, 6.45) is -0.235. The van der Waals surface area contributed by atoms with Crippen molar-refractivity contribution in [1.82, 2.24) is 15.4 Å². The minimum Gasteiger partial charge on any atom is -0.456 e. The summed E-state index contributed by atoms with van der Waals surface area (Å²) in [6.45, 7) is 2.97. The van der Waals surface area contributed by atoms with E-state index < -0.39 is 18.5 Å². The molecule has 2 aromatic heterocycles. The number of hydrogen-bond acceptors (Lipinski definition) is 9. The molecule has 2 heterocycles. The van der Waals surface area contributed by atoms with Gasteiger partial charge in [-0.1, -0.05) is 16.5 Å². The standard InChI is InChI=1S/C13H15N5O5S/c1-7-5-9(18-23-7)14-11(20)6-22-12(21)4-3-10(19)15-13-17-16-8(2)24-13/h5H,3-4,6H2,1-2H3,(H,14,18,20)(H,15,17,19). The predicted molar refractivity (Wildman–Crippen MR) is 83.3 cm³/mol. The number of aryl methyl sites for hydroxylation is 2. The minimum absolute atomic E-state index is 0.0818. The molecule has 11 heteroatoms. The first-order chi connectivity index (χ1) is 11.4. The third kappa shape index (κ3) is 5.76. The van der Waals surface area contributed by atoms with Crippen LogP contribution >= 0.6 is 11.3 Å². The van der Waals surface area contributed by atoms with Crippen LogP contribution in [0.3, 0.4) is 0 Å². The quantitative estimate of drug-likeness (QED) is 0.705. The van der Waals surface area contributed by atoms with Gasteiger partial charge in [-0.15, -0.1) is 10.2 Å². The number of rotatable bonds is 7. The Labute approximate surface area is 140 Å². The van der Waals surface area contributed by atoms with Gasteiger partial charge in [0.25, 0.3) is 5.91 Å². The lowest BCUT2D eigenvalue weighted by Crippen LogP contribution is -2.21. The minimum atomic E-state index is -0.662. The van der Waals surface area contributed by atoms with Gasteiger partial charge in [-0.25, -0.2) is 0 Å². The van der Waals surface area contributed by atoms with Crippen molar-refractivity contribution in [3.63, 3.8) is 0 Å². The molecule has 0 aliphatic carbocycles. The molecular formula is C13H15N5O5S. The molecular weight excluding hydrogens is 338 g/mol. The largest absolute Gasteiger partial charge is 0.456 e. The Kier molecular flexibility index (Phi) is 5.95. The van der Waals surface area contributed by atoms with Crippen LogP contribution in [0.15, 0.2) is 10.6 Å². The molecule has 0 aliphatic heterocycles. The van der Waals surface area contributed by atoms with Crippen LogP contribution in [0.1, 0.15) is 23.6 Å². The molecule has 24 heavy (non-hydrogen) atoms. The Morgan fingerprint density at radius 2 is 1.96 bits per heavy atom. The summed E-state index contributed by atoms with van der Waals surface area (Å²) in [5.74, 6) is -0.819. The van der Waals surface area contributed by atoms with E-state index in [1.54, 1.807) is 13.8 Å². The van der Waals surface area contributed by atoms with Crippen molar-refractivity contribution in [2.75, 3.05) is 17.2 Å². The second-order valence-electron chi connectivity index (χ2n) is 4.71. The Morgan fingerprint density at radius 1 is 1.17 bits per heavy atom. The molecule has 0 unspecified atom stereocenters. The van der Waals surface area contributed by atoms with Gasteiger partial charge in [-0.2, -0.15) is 0 Å². The second-order valence-corrected chi connectivity index (χ2v) is 5.89. The van der Waals surface area contributed by atoms with E-state index in [1.807, 2.05) is 0 Å². The number of ether oxygens (including phenoxy) is 1. The van der Waals surface area contributed by atoms with Crippen LogP contribution < -0.4 is 10.6 Å². The van der Waals surface area contributed by atoms with Crippen molar-refractivity contribution >= 4 is 40.1 Å². The number of amides is 2. The molecule has 2 rings (SSSR count). The number of nitrogens with zero attached hydrogens (tertiary/aromatic N) is 3. The molecule has 0 atom stereocenters. The highest BCUT2D eigenvalue weighted by atomic mass is 32.1. The molecule has 0 saturated heterocycles. The fourth-order valence-electron chi connectivity index (χ4n) is 1.57. The molecule has 0 aliphatic rings. The Hall–Kier alpha value is -2.82. The number of carbonyl (C=O) groups is 3. The van der Waals surface area contributed by atoms with E-state index >= 15 is 0 Å². The lowest BCUT2D eigenvalue weighted by molar-refractivity contribution is -0.147. The van der Waals surface area contributed by atoms with E-state index in [0.29, 0.717) is 10.9 Å². The maximum Gasteiger partial charge on any atom is 0.306 e. The van der Waals surface area contributed by atoms with Gasteiger partial charge in [0.1, 0.15) is 10.8 Å². The average molecular weight is 353 g/mol. The maximum absolute atomic E-state index is 11.6. The third-order valence-corrected chi connectivity index (χ3v) is 3.34. The van der Waals surface area contributed by atoms with Crippen LogP contribution in [0, 0.1) is 13.8 Å². The topological polar surface area (TPSA) is 136 Å². The molecule has 2 aromatic rings. The molecule has 0 saturated carbocycles. The van der Waals surface area contributed by atoms with Gasteiger partial charge in [0, 0.05) is 12.5 Å². The van der Waals surface area contributed by atoms with Gasteiger partial charge in [-0.05, 0) is 13.8 Å². The number of nitrogens with one attached hydrogen (secondary N) is 2. The maximum atomic E-state index is 11.6. The van der Waals surface area contributed by atoms with E-state index in [-0.39, 0.29) is 24.6 Å². The van der Waals surface area contributed by atoms with E-state index in [2.05, 4.69) is 26.0 Å². The summed E-state index contributed by atoms with van der Waals surface area (Å²) in [4.78, 5) is 34.7. The van der Waals surface area contributed by atoms with Crippen LogP contribution in [-0.2, 0) is 19.1 Å². The highest BCUT2D eigenvalue weighted by molar-refractivity contribution is 7.15. The molecule has 0 aromatic carbocycles. The lowest BCUT2D eigenvalue weighted by Gasteiger charge is -2.04. The molecule has 10 nitrogen and oxygen atoms in total. The van der Waals surface area contributed by atoms with Crippen LogP contribution in [0.25, 0.3) is 0 Å². The van der Waals surface area contributed by atoms with Gasteiger partial charge >= 0.3 is 5.97 Å². The van der Waals surface area contributed by atoms with E-state index in [1.165, 1.54) is 17.4 Å². The van der Waals surface area contributed by atoms with Crippen molar-refractivity contribution in [2.45, 2.75) is 26.7 Å². The van der Waals surface area contributed by atoms with Gasteiger partial charge < -0.3 is 19.9 Å². The third-order valence-electron chi connectivity index (χ3n) is 2.59. The number of anilines is 2. The van der Waals surface area contributed by atoms with Crippen molar-refractivity contribution in [3.05, 3.63) is 16.8 Å². The molecule has 2 amide bonds. The predicted octanol–water partition coefficient (Wildman–Crippen LogP) is 1.04. The first-order valence-electron chi connectivity index (χ1n) is 6.91. The summed E-state index contributed by atoms with van der Waals surface area (Å²) in [5.41, 5.74) is 0. The zero-order chi connectivity index (χ0) is 17.5. The highest BCUT2D eigenvalue weighted by Crippen LogP contribution is 2.14. The van der Waals surface area contributed by atoms with E-state index in [4.69, 9.17) is 9.26 Å². The van der Waals surface area contributed by atoms with E-state index in [0.717, 1.165) is 5.01 Å². The van der Waals surface area contributed by atoms with Crippen LogP contribution in [0.4, 0.5) is 10.9 Å². The molecule has 0 spiro atoms. The van der Waals surface area contributed by atoms with Crippen LogP contribution in [0.5, 0.6) is 0 Å². The van der Waals surface area contributed by atoms with Gasteiger partial charge in [0.05, 0.1) is 6.42 Å². The first kappa shape index (κ1) is 17.5. The summed E-state index contributed by atoms with van der Waals surface area (Å²) in [6, 6.07) is 1.53. The Morgan fingerprint density at radius 3 is 2.58 bits per heavy atom. The zero-order valence-corrected chi connectivity index (χ0v) is 13.8. The number of carbonyl (C=O) groups excluding carboxylic acids is 3.